The highest BCUT2D eigenvalue weighted by Crippen LogP contribution is 2.32. The molecular weight excluding hydrogens is 360 g/mol. The first-order valence-electron chi connectivity index (χ1n) is 9.96. The fraction of sp³-hybridized carbons (Fsp3) is 0.240. The van der Waals surface area contributed by atoms with Crippen molar-refractivity contribution in [3.8, 4) is 0 Å². The number of benzene rings is 2. The van der Waals surface area contributed by atoms with Crippen LogP contribution in [0, 0.1) is 12.8 Å². The molecule has 0 aliphatic carbocycles. The zero-order valence-electron chi connectivity index (χ0n) is 16.5. The van der Waals surface area contributed by atoms with Crippen LogP contribution in [0.5, 0.6) is 0 Å². The molecule has 4 heteroatoms. The van der Waals surface area contributed by atoms with E-state index in [0.29, 0.717) is 18.5 Å². The first kappa shape index (κ1) is 19.2. The summed E-state index contributed by atoms with van der Waals surface area (Å²) in [7, 11) is 0. The first-order valence-corrected chi connectivity index (χ1v) is 9.96. The maximum atomic E-state index is 13.0. The van der Waals surface area contributed by atoms with Crippen LogP contribution in [0.25, 0.3) is 0 Å². The second-order valence-electron chi connectivity index (χ2n) is 7.62. The molecule has 4 nitrogen and oxygen atoms in total. The SMILES string of the molecule is Cc1cncc(C(=O)C2CCN(C(c3ccccc3)c3ccccc3)CC2=O)c1. The summed E-state index contributed by atoms with van der Waals surface area (Å²) in [5.74, 6) is -0.705. The average Bonchev–Trinajstić information content (AvgIpc) is 2.75. The van der Waals surface area contributed by atoms with Crippen molar-refractivity contribution in [2.45, 2.75) is 19.4 Å². The molecule has 0 bridgehead atoms. The van der Waals surface area contributed by atoms with Crippen molar-refractivity contribution in [1.29, 1.82) is 0 Å². The van der Waals surface area contributed by atoms with Gasteiger partial charge < -0.3 is 0 Å². The number of pyridine rings is 1. The summed E-state index contributed by atoms with van der Waals surface area (Å²) in [6.45, 7) is 2.86. The summed E-state index contributed by atoms with van der Waals surface area (Å²) in [6.07, 6.45) is 3.80. The van der Waals surface area contributed by atoms with E-state index in [-0.39, 0.29) is 24.2 Å². The number of aryl methyl sites for hydroxylation is 1. The van der Waals surface area contributed by atoms with E-state index >= 15 is 0 Å². The lowest BCUT2D eigenvalue weighted by Gasteiger charge is -2.37. The molecule has 29 heavy (non-hydrogen) atoms. The van der Waals surface area contributed by atoms with Gasteiger partial charge in [0.15, 0.2) is 11.6 Å². The van der Waals surface area contributed by atoms with Gasteiger partial charge in [0.25, 0.3) is 0 Å². The Morgan fingerprint density at radius 3 is 2.17 bits per heavy atom. The van der Waals surface area contributed by atoms with Crippen LogP contribution in [0.2, 0.25) is 0 Å². The topological polar surface area (TPSA) is 50.3 Å². The van der Waals surface area contributed by atoms with Crippen molar-refractivity contribution in [1.82, 2.24) is 9.88 Å². The lowest BCUT2D eigenvalue weighted by Crippen LogP contribution is -2.45. The quantitative estimate of drug-likeness (QED) is 0.487. The van der Waals surface area contributed by atoms with Gasteiger partial charge in [-0.15, -0.1) is 0 Å². The maximum Gasteiger partial charge on any atom is 0.174 e. The van der Waals surface area contributed by atoms with E-state index < -0.39 is 5.92 Å². The molecule has 2 heterocycles. The summed E-state index contributed by atoms with van der Waals surface area (Å²) in [5.41, 5.74) is 3.76. The lowest BCUT2D eigenvalue weighted by molar-refractivity contribution is -0.125. The number of rotatable bonds is 5. The van der Waals surface area contributed by atoms with Crippen LogP contribution in [0.3, 0.4) is 0 Å². The third kappa shape index (κ3) is 4.17. The molecule has 1 aliphatic rings. The van der Waals surface area contributed by atoms with Gasteiger partial charge in [-0.25, -0.2) is 0 Å². The monoisotopic (exact) mass is 384 g/mol. The highest BCUT2D eigenvalue weighted by Gasteiger charge is 2.36. The molecule has 0 radical (unpaired) electrons. The Bertz CT molecular complexity index is 962. The summed E-state index contributed by atoms with van der Waals surface area (Å²) < 4.78 is 0. The molecule has 1 saturated heterocycles. The molecule has 1 unspecified atom stereocenters. The molecule has 1 fully saturated rings. The van der Waals surface area contributed by atoms with E-state index in [1.54, 1.807) is 12.4 Å². The van der Waals surface area contributed by atoms with Crippen molar-refractivity contribution in [2.24, 2.45) is 5.92 Å². The Morgan fingerprint density at radius 1 is 1.00 bits per heavy atom. The second-order valence-corrected chi connectivity index (χ2v) is 7.62. The number of nitrogens with zero attached hydrogens (tertiary/aromatic N) is 2. The number of carbonyl (C=O) groups excluding carboxylic acids is 2. The first-order chi connectivity index (χ1) is 14.1. The number of carbonyl (C=O) groups is 2. The molecule has 4 rings (SSSR count). The normalized spacial score (nSPS) is 17.4. The van der Waals surface area contributed by atoms with Crippen molar-refractivity contribution in [3.63, 3.8) is 0 Å². The van der Waals surface area contributed by atoms with Gasteiger partial charge >= 0.3 is 0 Å². The van der Waals surface area contributed by atoms with Gasteiger partial charge in [-0.05, 0) is 36.1 Å². The zero-order chi connectivity index (χ0) is 20.2. The third-order valence-electron chi connectivity index (χ3n) is 5.52. The standard InChI is InChI=1S/C25H24N2O2/c1-18-14-21(16-26-15-18)25(29)22-12-13-27(17-23(22)28)24(19-8-4-2-5-9-19)20-10-6-3-7-11-20/h2-11,14-16,22,24H,12-13,17H2,1H3. The fourth-order valence-corrected chi connectivity index (χ4v) is 4.12. The number of Topliss-reactive ketones (excluding diaryl/α,β-unsaturated/α-hetero) is 2. The van der Waals surface area contributed by atoms with Crippen LogP contribution in [0.4, 0.5) is 0 Å². The predicted octanol–water partition coefficient (Wildman–Crippen LogP) is 4.25. The van der Waals surface area contributed by atoms with Crippen molar-refractivity contribution >= 4 is 11.6 Å². The Labute approximate surface area is 171 Å². The summed E-state index contributed by atoms with van der Waals surface area (Å²) in [6, 6.07) is 22.3. The van der Waals surface area contributed by atoms with Gasteiger partial charge in [0.1, 0.15) is 0 Å². The van der Waals surface area contributed by atoms with Crippen LogP contribution in [0.1, 0.15) is 39.5 Å². The van der Waals surface area contributed by atoms with Crippen LogP contribution >= 0.6 is 0 Å². The van der Waals surface area contributed by atoms with E-state index in [4.69, 9.17) is 0 Å². The van der Waals surface area contributed by atoms with Gasteiger partial charge in [0.2, 0.25) is 0 Å². The number of aromatic nitrogens is 1. The zero-order valence-corrected chi connectivity index (χ0v) is 16.5. The van der Waals surface area contributed by atoms with E-state index in [1.807, 2.05) is 49.4 Å². The Kier molecular flexibility index (Phi) is 5.63. The highest BCUT2D eigenvalue weighted by atomic mass is 16.2. The summed E-state index contributed by atoms with van der Waals surface area (Å²) >= 11 is 0. The number of likely N-dealkylation sites (tertiary alicyclic amines) is 1. The smallest absolute Gasteiger partial charge is 0.174 e. The fourth-order valence-electron chi connectivity index (χ4n) is 4.12. The molecule has 2 aromatic carbocycles. The minimum Gasteiger partial charge on any atom is -0.297 e. The largest absolute Gasteiger partial charge is 0.297 e. The van der Waals surface area contributed by atoms with Gasteiger partial charge in [0, 0.05) is 24.5 Å². The van der Waals surface area contributed by atoms with Crippen LogP contribution in [-0.2, 0) is 4.79 Å². The molecule has 1 atom stereocenters. The number of hydrogen-bond donors (Lipinski definition) is 0. The molecule has 3 aromatic rings. The van der Waals surface area contributed by atoms with Crippen LogP contribution in [-0.4, -0.2) is 34.5 Å². The van der Waals surface area contributed by atoms with Gasteiger partial charge in [-0.2, -0.15) is 0 Å². The molecule has 1 aromatic heterocycles. The van der Waals surface area contributed by atoms with E-state index in [0.717, 1.165) is 16.7 Å². The molecule has 0 N–H and O–H groups in total. The second kappa shape index (κ2) is 8.50. The summed E-state index contributed by atoms with van der Waals surface area (Å²) in [4.78, 5) is 32.2. The Morgan fingerprint density at radius 2 is 1.62 bits per heavy atom. The third-order valence-corrected chi connectivity index (χ3v) is 5.52. The van der Waals surface area contributed by atoms with Gasteiger partial charge in [-0.1, -0.05) is 60.7 Å². The number of piperidine rings is 1. The van der Waals surface area contributed by atoms with Crippen LogP contribution in [0.15, 0.2) is 79.1 Å². The minimum absolute atomic E-state index is 0.00182. The molecule has 0 saturated carbocycles. The Hall–Kier alpha value is -3.11. The molecule has 1 aliphatic heterocycles. The minimum atomic E-state index is -0.581. The molecule has 0 amide bonds. The lowest BCUT2D eigenvalue weighted by atomic mass is 9.86. The van der Waals surface area contributed by atoms with Gasteiger partial charge in [-0.3, -0.25) is 19.5 Å². The predicted molar refractivity (Wildman–Crippen MR) is 113 cm³/mol. The molecule has 146 valence electrons. The van der Waals surface area contributed by atoms with E-state index in [1.165, 1.54) is 0 Å². The van der Waals surface area contributed by atoms with Crippen LogP contribution < -0.4 is 0 Å². The van der Waals surface area contributed by atoms with Crippen molar-refractivity contribution in [2.75, 3.05) is 13.1 Å². The summed E-state index contributed by atoms with van der Waals surface area (Å²) in [5, 5.41) is 0. The van der Waals surface area contributed by atoms with Crippen molar-refractivity contribution < 1.29 is 9.59 Å². The number of ketones is 2. The van der Waals surface area contributed by atoms with E-state index in [2.05, 4.69) is 34.1 Å². The molecular formula is C25H24N2O2. The number of hydrogen-bond acceptors (Lipinski definition) is 4. The van der Waals surface area contributed by atoms with Gasteiger partial charge in [0.05, 0.1) is 18.5 Å². The Balaban J connectivity index is 1.57. The highest BCUT2D eigenvalue weighted by molar-refractivity contribution is 6.11. The molecule has 0 spiro atoms. The van der Waals surface area contributed by atoms with Crippen molar-refractivity contribution in [3.05, 3.63) is 101 Å². The average molecular weight is 384 g/mol. The van der Waals surface area contributed by atoms with E-state index in [9.17, 15) is 9.59 Å². The maximum absolute atomic E-state index is 13.0.